The van der Waals surface area contributed by atoms with E-state index in [1.165, 1.54) is 283 Å². The number of likely N-dealkylation sites (N-methyl/N-ethyl adjacent to an activating group) is 1. The molecule has 3 N–H and O–H groups in total. The minimum absolute atomic E-state index is 0.0554. The second-order valence-electron chi connectivity index (χ2n) is 24.9. The number of carbonyl (C=O) groups is 1. The SMILES string of the molecule is CCCCCCCCCCCCCCCCCCCCCCC/C=C/CC/C=C/CC/C=C/C(O)C(COP(=O)(O)OCC[N+](C)(C)C)NC(=O)CCCCCCCCCCCCCCCCCCCCCCCCCCC. The molecule has 3 atom stereocenters. The van der Waals surface area contributed by atoms with E-state index in [-0.39, 0.29) is 19.1 Å². The molecular weight excluding hydrogens is 984 g/mol. The third-order valence-electron chi connectivity index (χ3n) is 15.8. The highest BCUT2D eigenvalue weighted by atomic mass is 31.2. The van der Waals surface area contributed by atoms with Crippen LogP contribution in [0.25, 0.3) is 0 Å². The molecule has 0 heterocycles. The summed E-state index contributed by atoms with van der Waals surface area (Å²) in [5.74, 6) is -0.184. The maximum Gasteiger partial charge on any atom is 0.472 e. The van der Waals surface area contributed by atoms with Gasteiger partial charge in [-0.05, 0) is 44.9 Å². The summed E-state index contributed by atoms with van der Waals surface area (Å²) in [6, 6.07) is -0.869. The van der Waals surface area contributed by atoms with Gasteiger partial charge in [0.25, 0.3) is 0 Å². The fourth-order valence-electron chi connectivity index (χ4n) is 10.5. The lowest BCUT2D eigenvalue weighted by Crippen LogP contribution is -2.45. The number of nitrogens with zero attached hydrogens (tertiary/aromatic N) is 1. The monoisotopic (exact) mass is 1120 g/mol. The van der Waals surface area contributed by atoms with Crippen LogP contribution in [0.4, 0.5) is 0 Å². The van der Waals surface area contributed by atoms with Crippen molar-refractivity contribution in [3.63, 3.8) is 0 Å². The molecule has 9 heteroatoms. The second kappa shape index (κ2) is 60.3. The number of rotatable bonds is 64. The predicted molar refractivity (Wildman–Crippen MR) is 341 cm³/mol. The number of phosphoric ester groups is 1. The van der Waals surface area contributed by atoms with E-state index >= 15 is 0 Å². The van der Waals surface area contributed by atoms with Gasteiger partial charge >= 0.3 is 7.82 Å². The minimum atomic E-state index is -4.36. The van der Waals surface area contributed by atoms with Crippen molar-refractivity contribution in [3.05, 3.63) is 36.5 Å². The summed E-state index contributed by atoms with van der Waals surface area (Å²) >= 11 is 0. The summed E-state index contributed by atoms with van der Waals surface area (Å²) in [6.45, 7) is 4.85. The Balaban J connectivity index is 4.12. The van der Waals surface area contributed by atoms with Crippen LogP contribution in [0.2, 0.25) is 0 Å². The van der Waals surface area contributed by atoms with Crippen LogP contribution in [0.5, 0.6) is 0 Å². The fourth-order valence-corrected chi connectivity index (χ4v) is 11.2. The largest absolute Gasteiger partial charge is 0.472 e. The number of quaternary nitrogens is 1. The second-order valence-corrected chi connectivity index (χ2v) is 26.4. The molecule has 0 rings (SSSR count). The van der Waals surface area contributed by atoms with Crippen molar-refractivity contribution in [1.82, 2.24) is 5.32 Å². The molecule has 1 amide bonds. The number of hydrogen-bond acceptors (Lipinski definition) is 5. The van der Waals surface area contributed by atoms with Crippen LogP contribution in [-0.4, -0.2) is 73.4 Å². The Hall–Kier alpha value is -1.28. The maximum absolute atomic E-state index is 13.0. The van der Waals surface area contributed by atoms with E-state index < -0.39 is 20.0 Å². The molecule has 0 saturated heterocycles. The van der Waals surface area contributed by atoms with Crippen molar-refractivity contribution in [2.75, 3.05) is 40.9 Å². The lowest BCUT2D eigenvalue weighted by molar-refractivity contribution is -0.870. The van der Waals surface area contributed by atoms with E-state index in [0.29, 0.717) is 17.4 Å². The van der Waals surface area contributed by atoms with Crippen molar-refractivity contribution in [3.8, 4) is 0 Å². The number of carbonyl (C=O) groups excluding carboxylic acids is 1. The Kier molecular flexibility index (Phi) is 59.3. The molecule has 0 aromatic carbocycles. The minimum Gasteiger partial charge on any atom is -0.387 e. The Morgan fingerprint density at radius 3 is 1.03 bits per heavy atom. The predicted octanol–water partition coefficient (Wildman–Crippen LogP) is 21.7. The highest BCUT2D eigenvalue weighted by Gasteiger charge is 2.28. The molecule has 0 radical (unpaired) electrons. The molecular formula is C69H136N2O6P+. The molecule has 0 aromatic rings. The molecule has 0 spiro atoms. The first-order valence-electron chi connectivity index (χ1n) is 34.4. The Labute approximate surface area is 487 Å². The van der Waals surface area contributed by atoms with Crippen molar-refractivity contribution in [1.29, 1.82) is 0 Å². The van der Waals surface area contributed by atoms with Crippen LogP contribution < -0.4 is 5.32 Å². The van der Waals surface area contributed by atoms with Gasteiger partial charge in [0.1, 0.15) is 13.2 Å². The molecule has 0 aliphatic heterocycles. The van der Waals surface area contributed by atoms with E-state index in [2.05, 4.69) is 43.5 Å². The van der Waals surface area contributed by atoms with Gasteiger partial charge in [-0.3, -0.25) is 13.8 Å². The number of hydrogen-bond donors (Lipinski definition) is 3. The number of aliphatic hydroxyl groups is 1. The van der Waals surface area contributed by atoms with Gasteiger partial charge in [-0.1, -0.05) is 333 Å². The molecule has 0 aliphatic carbocycles. The van der Waals surface area contributed by atoms with Gasteiger partial charge in [0.15, 0.2) is 0 Å². The molecule has 8 nitrogen and oxygen atoms in total. The number of aliphatic hydroxyl groups excluding tert-OH is 1. The standard InChI is InChI=1S/C69H135N2O6P/c1-6-8-10-12-14-16-18-20-22-24-26-28-30-32-33-34-35-36-37-39-40-42-44-46-48-50-52-54-56-58-60-62-68(72)67(66-77-78(74,75)76-65-64-71(3,4)5)70-69(73)63-61-59-57-55-53-51-49-47-45-43-41-38-31-29-27-25-23-21-19-17-15-13-11-9-7-2/h44,46,52,54,60,62,67-68,72H,6-43,45,47-51,53,55-59,61,63-66H2,1-5H3,(H-,70,73,74,75)/p+1/b46-44+,54-52+,62-60+. The van der Waals surface area contributed by atoms with Crippen LogP contribution in [0.3, 0.4) is 0 Å². The van der Waals surface area contributed by atoms with Crippen molar-refractivity contribution < 1.29 is 32.9 Å². The number of phosphoric acid groups is 1. The normalized spacial score (nSPS) is 13.9. The van der Waals surface area contributed by atoms with Crippen molar-refractivity contribution in [2.24, 2.45) is 0 Å². The number of nitrogens with one attached hydrogen (secondary N) is 1. The first kappa shape index (κ1) is 76.7. The lowest BCUT2D eigenvalue weighted by Gasteiger charge is -2.25. The summed E-state index contributed by atoms with van der Waals surface area (Å²) in [6.07, 6.45) is 80.1. The summed E-state index contributed by atoms with van der Waals surface area (Å²) in [5.41, 5.74) is 0. The van der Waals surface area contributed by atoms with Crippen molar-refractivity contribution in [2.45, 2.75) is 360 Å². The van der Waals surface area contributed by atoms with Gasteiger partial charge in [-0.25, -0.2) is 4.57 Å². The van der Waals surface area contributed by atoms with Crippen LogP contribution in [-0.2, 0) is 18.4 Å². The number of unbranched alkanes of at least 4 members (excludes halogenated alkanes) is 47. The van der Waals surface area contributed by atoms with Crippen LogP contribution in [0.1, 0.15) is 348 Å². The molecule has 0 bridgehead atoms. The third kappa shape index (κ3) is 62.3. The topological polar surface area (TPSA) is 105 Å². The maximum atomic E-state index is 13.0. The first-order chi connectivity index (χ1) is 38.0. The van der Waals surface area contributed by atoms with Gasteiger partial charge in [-0.15, -0.1) is 0 Å². The van der Waals surface area contributed by atoms with E-state index in [4.69, 9.17) is 9.05 Å². The molecule has 0 aromatic heterocycles. The summed E-state index contributed by atoms with van der Waals surface area (Å²) < 4.78 is 23.8. The zero-order chi connectivity index (χ0) is 57.0. The molecule has 78 heavy (non-hydrogen) atoms. The molecule has 0 saturated carbocycles. The molecule has 462 valence electrons. The van der Waals surface area contributed by atoms with Gasteiger partial charge in [0.2, 0.25) is 5.91 Å². The fraction of sp³-hybridized carbons (Fsp3) is 0.899. The Morgan fingerprint density at radius 1 is 0.423 bits per heavy atom. The van der Waals surface area contributed by atoms with Gasteiger partial charge in [0.05, 0.1) is 39.9 Å². The van der Waals surface area contributed by atoms with Gasteiger partial charge in [0, 0.05) is 6.42 Å². The van der Waals surface area contributed by atoms with Crippen molar-refractivity contribution >= 4 is 13.7 Å². The zero-order valence-electron chi connectivity index (χ0n) is 52.9. The summed E-state index contributed by atoms with van der Waals surface area (Å²) in [4.78, 5) is 23.4. The summed E-state index contributed by atoms with van der Waals surface area (Å²) in [5, 5.41) is 14.0. The highest BCUT2D eigenvalue weighted by molar-refractivity contribution is 7.47. The smallest absolute Gasteiger partial charge is 0.387 e. The van der Waals surface area contributed by atoms with E-state index in [9.17, 15) is 19.4 Å². The van der Waals surface area contributed by atoms with E-state index in [1.54, 1.807) is 6.08 Å². The Bertz CT molecular complexity index is 1360. The van der Waals surface area contributed by atoms with Crippen LogP contribution in [0, 0.1) is 0 Å². The van der Waals surface area contributed by atoms with Crippen LogP contribution in [0.15, 0.2) is 36.5 Å². The highest BCUT2D eigenvalue weighted by Crippen LogP contribution is 2.43. The number of allylic oxidation sites excluding steroid dienone is 5. The quantitative estimate of drug-likeness (QED) is 0.0243. The first-order valence-corrected chi connectivity index (χ1v) is 35.9. The lowest BCUT2D eigenvalue weighted by atomic mass is 10.0. The summed E-state index contributed by atoms with van der Waals surface area (Å²) in [7, 11) is 1.56. The van der Waals surface area contributed by atoms with Gasteiger partial charge < -0.3 is 19.8 Å². The average Bonchev–Trinajstić information content (AvgIpc) is 3.41. The molecule has 0 fully saturated rings. The van der Waals surface area contributed by atoms with E-state index in [1.807, 2.05) is 27.2 Å². The third-order valence-corrected chi connectivity index (χ3v) is 16.8. The molecule has 0 aliphatic rings. The van der Waals surface area contributed by atoms with E-state index in [0.717, 1.165) is 44.9 Å². The average molecular weight is 1120 g/mol. The molecule has 3 unspecified atom stereocenters. The zero-order valence-corrected chi connectivity index (χ0v) is 53.8. The van der Waals surface area contributed by atoms with Crippen LogP contribution >= 0.6 is 7.82 Å². The number of amides is 1. The van der Waals surface area contributed by atoms with Gasteiger partial charge in [-0.2, -0.15) is 0 Å². The Morgan fingerprint density at radius 2 is 0.705 bits per heavy atom.